The second-order valence-electron chi connectivity index (χ2n) is 4.27. The highest BCUT2D eigenvalue weighted by molar-refractivity contribution is 5.26. The molecule has 2 nitrogen and oxygen atoms in total. The van der Waals surface area contributed by atoms with E-state index in [0.717, 1.165) is 6.42 Å². The summed E-state index contributed by atoms with van der Waals surface area (Å²) < 4.78 is 5.74. The maximum absolute atomic E-state index is 9.65. The highest BCUT2D eigenvalue weighted by Gasteiger charge is 2.40. The van der Waals surface area contributed by atoms with Gasteiger partial charge in [-0.1, -0.05) is 42.5 Å². The van der Waals surface area contributed by atoms with Gasteiger partial charge < -0.3 is 9.84 Å². The molecule has 4 atom stereocenters. The first-order valence-electron chi connectivity index (χ1n) is 5.41. The molecule has 0 spiro atoms. The molecule has 2 aliphatic heterocycles. The molecule has 1 aromatic rings. The van der Waals surface area contributed by atoms with Crippen molar-refractivity contribution in [2.45, 2.75) is 30.7 Å². The Morgan fingerprint density at radius 1 is 1.13 bits per heavy atom. The summed E-state index contributed by atoms with van der Waals surface area (Å²) in [4.78, 5) is 0. The number of fused-ring (bicyclic) bond motifs is 2. The molecule has 2 bridgehead atoms. The molecular weight excluding hydrogens is 188 g/mol. The van der Waals surface area contributed by atoms with Gasteiger partial charge in [-0.15, -0.1) is 0 Å². The molecule has 1 N–H and O–H groups in total. The number of ether oxygens (including phenoxy) is 1. The fraction of sp³-hybridized carbons (Fsp3) is 0.385. The largest absolute Gasteiger partial charge is 0.386 e. The average molecular weight is 202 g/mol. The van der Waals surface area contributed by atoms with Crippen LogP contribution in [0.5, 0.6) is 0 Å². The van der Waals surface area contributed by atoms with Gasteiger partial charge in [0.05, 0.1) is 18.3 Å². The Morgan fingerprint density at radius 2 is 1.93 bits per heavy atom. The maximum atomic E-state index is 9.65. The minimum absolute atomic E-state index is 0.00907. The smallest absolute Gasteiger partial charge is 0.0984 e. The highest BCUT2D eigenvalue weighted by atomic mass is 16.5. The molecule has 0 amide bonds. The first-order valence-corrected chi connectivity index (χ1v) is 5.41. The summed E-state index contributed by atoms with van der Waals surface area (Å²) in [5.41, 5.74) is 1.31. The molecule has 2 heteroatoms. The van der Waals surface area contributed by atoms with Crippen molar-refractivity contribution in [1.29, 1.82) is 0 Å². The number of benzene rings is 1. The van der Waals surface area contributed by atoms with Gasteiger partial charge in [-0.2, -0.15) is 0 Å². The lowest BCUT2D eigenvalue weighted by molar-refractivity contribution is -0.0125. The highest BCUT2D eigenvalue weighted by Crippen LogP contribution is 2.39. The third-order valence-corrected chi connectivity index (χ3v) is 3.32. The second kappa shape index (κ2) is 3.47. The van der Waals surface area contributed by atoms with Gasteiger partial charge in [0, 0.05) is 5.92 Å². The zero-order valence-corrected chi connectivity index (χ0v) is 8.41. The molecule has 1 fully saturated rings. The van der Waals surface area contributed by atoms with Crippen LogP contribution < -0.4 is 0 Å². The van der Waals surface area contributed by atoms with Gasteiger partial charge in [-0.05, 0) is 12.0 Å². The quantitative estimate of drug-likeness (QED) is 0.704. The van der Waals surface area contributed by atoms with Gasteiger partial charge in [0.15, 0.2) is 0 Å². The molecule has 0 radical (unpaired) electrons. The van der Waals surface area contributed by atoms with Crippen LogP contribution in [-0.2, 0) is 4.74 Å². The SMILES string of the molecule is OC1C=C[C@H]2O[C@@H]1C[C@H]2c1ccccc1. The zero-order valence-electron chi connectivity index (χ0n) is 8.41. The molecule has 3 rings (SSSR count). The molecule has 1 aromatic carbocycles. The van der Waals surface area contributed by atoms with E-state index in [1.807, 2.05) is 18.2 Å². The van der Waals surface area contributed by atoms with Gasteiger partial charge in [0.25, 0.3) is 0 Å². The minimum Gasteiger partial charge on any atom is -0.386 e. The Hall–Kier alpha value is -1.12. The third-order valence-electron chi connectivity index (χ3n) is 3.32. The van der Waals surface area contributed by atoms with E-state index >= 15 is 0 Å². The number of aliphatic hydroxyl groups excluding tert-OH is 1. The van der Waals surface area contributed by atoms with Crippen LogP contribution >= 0.6 is 0 Å². The first kappa shape index (κ1) is 9.13. The van der Waals surface area contributed by atoms with E-state index in [1.165, 1.54) is 5.56 Å². The molecule has 0 saturated carbocycles. The van der Waals surface area contributed by atoms with Crippen LogP contribution in [0.4, 0.5) is 0 Å². The van der Waals surface area contributed by atoms with Gasteiger partial charge in [-0.25, -0.2) is 0 Å². The molecule has 1 unspecified atom stereocenters. The minimum atomic E-state index is -0.421. The molecule has 78 valence electrons. The Bertz CT molecular complexity index is 371. The normalized spacial score (nSPS) is 38.2. The summed E-state index contributed by atoms with van der Waals surface area (Å²) in [6.07, 6.45) is 4.50. The van der Waals surface area contributed by atoms with Crippen LogP contribution in [0, 0.1) is 0 Å². The van der Waals surface area contributed by atoms with Crippen LogP contribution in [0.3, 0.4) is 0 Å². The summed E-state index contributed by atoms with van der Waals surface area (Å²) in [6.45, 7) is 0. The average Bonchev–Trinajstić information content (AvgIpc) is 2.65. The maximum Gasteiger partial charge on any atom is 0.0984 e. The molecule has 0 aromatic heterocycles. The standard InChI is InChI=1S/C13H14O2/c14-11-6-7-12-10(8-13(11)15-12)9-4-2-1-3-5-9/h1-7,10-14H,8H2/t10-,11?,12+,13+/m0/s1. The Kier molecular flexibility index (Phi) is 2.11. The van der Waals surface area contributed by atoms with Crippen LogP contribution in [0.15, 0.2) is 42.5 Å². The Labute approximate surface area is 89.2 Å². The van der Waals surface area contributed by atoms with Crippen molar-refractivity contribution in [1.82, 2.24) is 0 Å². The van der Waals surface area contributed by atoms with Crippen molar-refractivity contribution in [3.8, 4) is 0 Å². The van der Waals surface area contributed by atoms with Gasteiger partial charge in [0.2, 0.25) is 0 Å². The van der Waals surface area contributed by atoms with E-state index in [-0.39, 0.29) is 12.2 Å². The van der Waals surface area contributed by atoms with Crippen LogP contribution in [0.25, 0.3) is 0 Å². The van der Waals surface area contributed by atoms with Gasteiger partial charge >= 0.3 is 0 Å². The Balaban J connectivity index is 1.89. The van der Waals surface area contributed by atoms with Gasteiger partial charge in [-0.3, -0.25) is 0 Å². The van der Waals surface area contributed by atoms with E-state index in [1.54, 1.807) is 0 Å². The molecule has 0 aliphatic carbocycles. The van der Waals surface area contributed by atoms with E-state index in [2.05, 4.69) is 24.3 Å². The van der Waals surface area contributed by atoms with Crippen molar-refractivity contribution < 1.29 is 9.84 Å². The first-order chi connectivity index (χ1) is 7.34. The zero-order chi connectivity index (χ0) is 10.3. The summed E-state index contributed by atoms with van der Waals surface area (Å²) in [7, 11) is 0. The predicted octanol–water partition coefficient (Wildman–Crippen LogP) is 1.86. The number of aliphatic hydroxyl groups is 1. The van der Waals surface area contributed by atoms with Crippen LogP contribution in [0.2, 0.25) is 0 Å². The van der Waals surface area contributed by atoms with Crippen molar-refractivity contribution in [3.05, 3.63) is 48.0 Å². The van der Waals surface area contributed by atoms with E-state index in [0.29, 0.717) is 5.92 Å². The topological polar surface area (TPSA) is 29.5 Å². The van der Waals surface area contributed by atoms with Crippen molar-refractivity contribution in [2.75, 3.05) is 0 Å². The van der Waals surface area contributed by atoms with Gasteiger partial charge in [0.1, 0.15) is 0 Å². The molecule has 1 saturated heterocycles. The van der Waals surface area contributed by atoms with Crippen molar-refractivity contribution in [3.63, 3.8) is 0 Å². The van der Waals surface area contributed by atoms with Crippen molar-refractivity contribution >= 4 is 0 Å². The fourth-order valence-electron chi connectivity index (χ4n) is 2.51. The molecule has 2 heterocycles. The molecule has 2 aliphatic rings. The van der Waals surface area contributed by atoms with E-state index in [4.69, 9.17) is 4.74 Å². The summed E-state index contributed by atoms with van der Waals surface area (Å²) in [5, 5.41) is 9.65. The van der Waals surface area contributed by atoms with Crippen molar-refractivity contribution in [2.24, 2.45) is 0 Å². The fourth-order valence-corrected chi connectivity index (χ4v) is 2.51. The molecular formula is C13H14O2. The number of hydrogen-bond donors (Lipinski definition) is 1. The van der Waals surface area contributed by atoms with E-state index < -0.39 is 6.10 Å². The van der Waals surface area contributed by atoms with E-state index in [9.17, 15) is 5.11 Å². The monoisotopic (exact) mass is 202 g/mol. The van der Waals surface area contributed by atoms with Crippen LogP contribution in [0.1, 0.15) is 17.9 Å². The number of rotatable bonds is 1. The molecule has 15 heavy (non-hydrogen) atoms. The third kappa shape index (κ3) is 1.50. The summed E-state index contributed by atoms with van der Waals surface area (Å²) in [5.74, 6) is 0.407. The van der Waals surface area contributed by atoms with Crippen LogP contribution in [-0.4, -0.2) is 23.4 Å². The lowest BCUT2D eigenvalue weighted by Crippen LogP contribution is -2.27. The second-order valence-corrected chi connectivity index (χ2v) is 4.27. The lowest BCUT2D eigenvalue weighted by atomic mass is 9.92. The lowest BCUT2D eigenvalue weighted by Gasteiger charge is -2.20. The predicted molar refractivity (Wildman–Crippen MR) is 57.6 cm³/mol. The summed E-state index contributed by atoms with van der Waals surface area (Å²) in [6, 6.07) is 10.4. The number of hydrogen-bond acceptors (Lipinski definition) is 2. The summed E-state index contributed by atoms with van der Waals surface area (Å²) >= 11 is 0. The Morgan fingerprint density at radius 3 is 2.67 bits per heavy atom.